The maximum absolute atomic E-state index is 2.66. The van der Waals surface area contributed by atoms with Crippen LogP contribution in [0.4, 0.5) is 0 Å². The maximum Gasteiger partial charge on any atom is 0.0138 e. The largest absolute Gasteiger partial charge is 0.0823 e. The van der Waals surface area contributed by atoms with Gasteiger partial charge in [0, 0.05) is 3.92 Å². The van der Waals surface area contributed by atoms with E-state index in [0.717, 1.165) is 15.8 Å². The molecule has 0 nitrogen and oxygen atoms in total. The zero-order chi connectivity index (χ0) is 6.97. The summed E-state index contributed by atoms with van der Waals surface area (Å²) in [4.78, 5) is 0. The highest BCUT2D eigenvalue weighted by Gasteiger charge is 2.30. The third-order valence-electron chi connectivity index (χ3n) is 2.68. The summed E-state index contributed by atoms with van der Waals surface area (Å²) in [7, 11) is 0. The molecule has 2 saturated carbocycles. The van der Waals surface area contributed by atoms with Gasteiger partial charge < -0.3 is 0 Å². The predicted octanol–water partition coefficient (Wildman–Crippen LogP) is 3.39. The molecule has 2 fully saturated rings. The monoisotopic (exact) mass is 250 g/mol. The van der Waals surface area contributed by atoms with Gasteiger partial charge in [0.1, 0.15) is 0 Å². The van der Waals surface area contributed by atoms with Gasteiger partial charge in [-0.05, 0) is 37.5 Å². The predicted molar refractivity (Wildman–Crippen MR) is 52.5 cm³/mol. The van der Waals surface area contributed by atoms with Crippen LogP contribution in [0, 0.1) is 11.8 Å². The first kappa shape index (κ1) is 7.38. The Morgan fingerprint density at radius 2 is 1.90 bits per heavy atom. The van der Waals surface area contributed by atoms with Crippen molar-refractivity contribution < 1.29 is 0 Å². The third-order valence-corrected chi connectivity index (χ3v) is 4.32. The van der Waals surface area contributed by atoms with Crippen LogP contribution >= 0.6 is 22.6 Å². The van der Waals surface area contributed by atoms with E-state index in [-0.39, 0.29) is 0 Å². The normalized spacial score (nSPS) is 28.5. The van der Waals surface area contributed by atoms with Crippen molar-refractivity contribution in [1.82, 2.24) is 0 Å². The van der Waals surface area contributed by atoms with Gasteiger partial charge in [0.15, 0.2) is 0 Å². The minimum Gasteiger partial charge on any atom is -0.0823 e. The van der Waals surface area contributed by atoms with E-state index in [1.807, 2.05) is 0 Å². The maximum atomic E-state index is 2.66. The molecule has 0 heterocycles. The van der Waals surface area contributed by atoms with Gasteiger partial charge in [0.25, 0.3) is 0 Å². The first-order chi connectivity index (χ1) is 4.86. The van der Waals surface area contributed by atoms with Crippen LogP contribution in [0.2, 0.25) is 0 Å². The molecule has 58 valence electrons. The fraction of sp³-hybridized carbons (Fsp3) is 1.00. The summed E-state index contributed by atoms with van der Waals surface area (Å²) in [6.45, 7) is 0. The molecule has 10 heavy (non-hydrogen) atoms. The minimum absolute atomic E-state index is 1.03. The number of alkyl halides is 1. The molecular formula is C9H15I. The Bertz CT molecular complexity index is 114. The second kappa shape index (κ2) is 3.00. The van der Waals surface area contributed by atoms with Crippen molar-refractivity contribution >= 4 is 22.6 Å². The first-order valence-electron chi connectivity index (χ1n) is 4.50. The molecule has 0 aromatic heterocycles. The third kappa shape index (κ3) is 2.11. The molecule has 0 spiro atoms. The Labute approximate surface area is 76.9 Å². The summed E-state index contributed by atoms with van der Waals surface area (Å²) in [6.07, 6.45) is 9.17. The van der Waals surface area contributed by atoms with Crippen molar-refractivity contribution in [2.24, 2.45) is 11.8 Å². The molecule has 0 aliphatic heterocycles. The molecule has 0 aromatic rings. The van der Waals surface area contributed by atoms with Gasteiger partial charge in [0.05, 0.1) is 0 Å². The molecule has 0 saturated heterocycles. The van der Waals surface area contributed by atoms with E-state index >= 15 is 0 Å². The van der Waals surface area contributed by atoms with E-state index in [4.69, 9.17) is 0 Å². The average Bonchev–Trinajstić information content (AvgIpc) is 2.76. The highest BCUT2D eigenvalue weighted by molar-refractivity contribution is 14.1. The molecule has 0 aromatic carbocycles. The van der Waals surface area contributed by atoms with E-state index < -0.39 is 0 Å². The van der Waals surface area contributed by atoms with Crippen LogP contribution in [0.1, 0.15) is 38.5 Å². The van der Waals surface area contributed by atoms with Gasteiger partial charge in [-0.1, -0.05) is 35.4 Å². The van der Waals surface area contributed by atoms with Crippen LogP contribution in [-0.2, 0) is 0 Å². The van der Waals surface area contributed by atoms with Gasteiger partial charge in [-0.2, -0.15) is 0 Å². The fourth-order valence-electron chi connectivity index (χ4n) is 1.50. The topological polar surface area (TPSA) is 0 Å². The van der Waals surface area contributed by atoms with E-state index in [1.54, 1.807) is 0 Å². The Hall–Kier alpha value is 0.730. The van der Waals surface area contributed by atoms with Crippen LogP contribution in [0.15, 0.2) is 0 Å². The summed E-state index contributed by atoms with van der Waals surface area (Å²) >= 11 is 2.66. The molecule has 0 amide bonds. The van der Waals surface area contributed by atoms with Gasteiger partial charge >= 0.3 is 0 Å². The van der Waals surface area contributed by atoms with Crippen LogP contribution in [0.5, 0.6) is 0 Å². The lowest BCUT2D eigenvalue weighted by Gasteiger charge is -2.05. The summed E-state index contributed by atoms with van der Waals surface area (Å²) in [6, 6.07) is 0. The van der Waals surface area contributed by atoms with Gasteiger partial charge in [-0.25, -0.2) is 0 Å². The SMILES string of the molecule is IC(CCC1CC1)C1CC1. The van der Waals surface area contributed by atoms with Crippen LogP contribution < -0.4 is 0 Å². The van der Waals surface area contributed by atoms with E-state index in [1.165, 1.54) is 38.5 Å². The molecule has 2 aliphatic carbocycles. The van der Waals surface area contributed by atoms with Gasteiger partial charge in [-0.15, -0.1) is 0 Å². The van der Waals surface area contributed by atoms with Crippen molar-refractivity contribution in [2.75, 3.05) is 0 Å². The second-order valence-electron chi connectivity index (χ2n) is 3.87. The average molecular weight is 250 g/mol. The lowest BCUT2D eigenvalue weighted by atomic mass is 10.1. The molecule has 0 N–H and O–H groups in total. The molecule has 1 unspecified atom stereocenters. The van der Waals surface area contributed by atoms with Gasteiger partial charge in [0.2, 0.25) is 0 Å². The number of rotatable bonds is 4. The molecule has 1 atom stereocenters. The smallest absolute Gasteiger partial charge is 0.0138 e. The standard InChI is InChI=1S/C9H15I/c10-9(8-4-5-8)6-3-7-1-2-7/h7-9H,1-6H2. The Balaban J connectivity index is 1.58. The number of hydrogen-bond acceptors (Lipinski definition) is 0. The van der Waals surface area contributed by atoms with Crippen molar-refractivity contribution in [2.45, 2.75) is 42.4 Å². The zero-order valence-corrected chi connectivity index (χ0v) is 8.51. The van der Waals surface area contributed by atoms with Crippen molar-refractivity contribution in [3.63, 3.8) is 0 Å². The highest BCUT2D eigenvalue weighted by atomic mass is 127. The molecule has 1 heteroatoms. The molecule has 0 bridgehead atoms. The number of hydrogen-bond donors (Lipinski definition) is 0. The summed E-state index contributed by atoms with van der Waals surface area (Å²) in [5.41, 5.74) is 0. The van der Waals surface area contributed by atoms with Crippen LogP contribution in [-0.4, -0.2) is 3.92 Å². The Morgan fingerprint density at radius 3 is 2.40 bits per heavy atom. The molecule has 0 radical (unpaired) electrons. The minimum atomic E-state index is 1.03. The second-order valence-corrected chi connectivity index (χ2v) is 5.47. The Morgan fingerprint density at radius 1 is 1.20 bits per heavy atom. The number of halogens is 1. The van der Waals surface area contributed by atoms with Crippen LogP contribution in [0.3, 0.4) is 0 Å². The van der Waals surface area contributed by atoms with Crippen molar-refractivity contribution in [3.8, 4) is 0 Å². The van der Waals surface area contributed by atoms with E-state index in [0.29, 0.717) is 0 Å². The zero-order valence-electron chi connectivity index (χ0n) is 6.35. The Kier molecular flexibility index (Phi) is 2.21. The summed E-state index contributed by atoms with van der Waals surface area (Å²) < 4.78 is 1.03. The highest BCUT2D eigenvalue weighted by Crippen LogP contribution is 2.42. The van der Waals surface area contributed by atoms with Crippen molar-refractivity contribution in [3.05, 3.63) is 0 Å². The quantitative estimate of drug-likeness (QED) is 0.530. The van der Waals surface area contributed by atoms with E-state index in [2.05, 4.69) is 22.6 Å². The summed E-state index contributed by atoms with van der Waals surface area (Å²) in [5.74, 6) is 2.27. The summed E-state index contributed by atoms with van der Waals surface area (Å²) in [5, 5.41) is 0. The lowest BCUT2D eigenvalue weighted by molar-refractivity contribution is 0.620. The molecule has 2 aliphatic rings. The molecule has 2 rings (SSSR count). The first-order valence-corrected chi connectivity index (χ1v) is 5.75. The lowest BCUT2D eigenvalue weighted by Crippen LogP contribution is -1.99. The van der Waals surface area contributed by atoms with Crippen LogP contribution in [0.25, 0.3) is 0 Å². The van der Waals surface area contributed by atoms with E-state index in [9.17, 15) is 0 Å². The van der Waals surface area contributed by atoms with Crippen molar-refractivity contribution in [1.29, 1.82) is 0 Å². The van der Waals surface area contributed by atoms with Gasteiger partial charge in [-0.3, -0.25) is 0 Å². The fourth-order valence-corrected chi connectivity index (χ4v) is 2.57. The molecular weight excluding hydrogens is 235 g/mol.